The van der Waals surface area contributed by atoms with E-state index in [2.05, 4.69) is 10.6 Å². The van der Waals surface area contributed by atoms with Gasteiger partial charge in [0.2, 0.25) is 0 Å². The Bertz CT molecular complexity index is 875. The highest BCUT2D eigenvalue weighted by atomic mass is 19.1. The second-order valence-corrected chi connectivity index (χ2v) is 6.18. The number of carbonyl (C=O) groups excluding carboxylic acids is 1. The van der Waals surface area contributed by atoms with E-state index in [-0.39, 0.29) is 28.3 Å². The van der Waals surface area contributed by atoms with Crippen LogP contribution in [0.25, 0.3) is 0 Å². The molecule has 7 nitrogen and oxygen atoms in total. The Kier molecular flexibility index (Phi) is 5.20. The summed E-state index contributed by atoms with van der Waals surface area (Å²) in [5.74, 6) is -1.94. The molecule has 0 aromatic heterocycles. The number of hydrogen-bond donors (Lipinski definition) is 2. The van der Waals surface area contributed by atoms with E-state index in [1.807, 2.05) is 0 Å². The maximum Gasteiger partial charge on any atom is 0.293 e. The minimum atomic E-state index is -0.732. The number of nitrogens with one attached hydrogen (secondary N) is 2. The van der Waals surface area contributed by atoms with Gasteiger partial charge in [0.05, 0.1) is 4.92 Å². The Hall–Kier alpha value is -3.23. The first-order valence-corrected chi connectivity index (χ1v) is 8.42. The minimum Gasteiger partial charge on any atom is -0.367 e. The van der Waals surface area contributed by atoms with Crippen molar-refractivity contribution in [2.45, 2.75) is 12.8 Å². The molecule has 1 aliphatic rings. The van der Waals surface area contributed by atoms with Gasteiger partial charge in [-0.3, -0.25) is 14.9 Å². The molecule has 1 aliphatic heterocycles. The molecule has 1 heterocycles. The second kappa shape index (κ2) is 7.56. The van der Waals surface area contributed by atoms with Gasteiger partial charge in [-0.05, 0) is 37.1 Å². The number of benzene rings is 2. The molecular formula is C18H18F2N4O3. The lowest BCUT2D eigenvalue weighted by atomic mass is 10.1. The summed E-state index contributed by atoms with van der Waals surface area (Å²) in [4.78, 5) is 23.9. The van der Waals surface area contributed by atoms with E-state index in [0.29, 0.717) is 13.1 Å². The molecule has 27 heavy (non-hydrogen) atoms. The van der Waals surface area contributed by atoms with Crippen LogP contribution in [0.3, 0.4) is 0 Å². The minimum absolute atomic E-state index is 0.0281. The fourth-order valence-electron chi connectivity index (χ4n) is 3.11. The van der Waals surface area contributed by atoms with Crippen LogP contribution in [-0.4, -0.2) is 31.0 Å². The Morgan fingerprint density at radius 2 is 1.78 bits per heavy atom. The summed E-state index contributed by atoms with van der Waals surface area (Å²) in [6, 6.07) is 6.03. The van der Waals surface area contributed by atoms with Gasteiger partial charge in [0.25, 0.3) is 11.6 Å². The van der Waals surface area contributed by atoms with Gasteiger partial charge in [0.15, 0.2) is 11.6 Å². The van der Waals surface area contributed by atoms with Gasteiger partial charge >= 0.3 is 0 Å². The largest absolute Gasteiger partial charge is 0.367 e. The van der Waals surface area contributed by atoms with Gasteiger partial charge in [0.1, 0.15) is 11.4 Å². The Balaban J connectivity index is 1.93. The summed E-state index contributed by atoms with van der Waals surface area (Å²) in [5.41, 5.74) is -0.274. The van der Waals surface area contributed by atoms with Crippen molar-refractivity contribution >= 4 is 28.7 Å². The second-order valence-electron chi connectivity index (χ2n) is 6.18. The third-order valence-corrected chi connectivity index (χ3v) is 4.40. The average Bonchev–Trinajstić information content (AvgIpc) is 3.14. The van der Waals surface area contributed by atoms with Crippen LogP contribution in [0.5, 0.6) is 0 Å². The summed E-state index contributed by atoms with van der Waals surface area (Å²) in [5, 5.41) is 16.4. The average molecular weight is 376 g/mol. The zero-order valence-corrected chi connectivity index (χ0v) is 14.6. The summed E-state index contributed by atoms with van der Waals surface area (Å²) >= 11 is 0. The van der Waals surface area contributed by atoms with E-state index in [0.717, 1.165) is 31.0 Å². The molecule has 3 rings (SSSR count). The predicted octanol–water partition coefficient (Wildman–Crippen LogP) is 3.58. The van der Waals surface area contributed by atoms with Gasteiger partial charge in [-0.1, -0.05) is 0 Å². The first-order chi connectivity index (χ1) is 12.9. The van der Waals surface area contributed by atoms with Crippen LogP contribution in [0.1, 0.15) is 23.2 Å². The third kappa shape index (κ3) is 3.81. The number of nitro groups is 1. The van der Waals surface area contributed by atoms with Crippen molar-refractivity contribution in [3.63, 3.8) is 0 Å². The normalized spacial score (nSPS) is 13.5. The van der Waals surface area contributed by atoms with Crippen LogP contribution in [0.15, 0.2) is 30.3 Å². The van der Waals surface area contributed by atoms with Crippen molar-refractivity contribution in [3.05, 3.63) is 57.6 Å². The van der Waals surface area contributed by atoms with Crippen LogP contribution in [-0.2, 0) is 0 Å². The molecule has 0 unspecified atom stereocenters. The smallest absolute Gasteiger partial charge is 0.293 e. The number of anilines is 3. The number of rotatable bonds is 5. The number of amides is 1. The zero-order valence-electron chi connectivity index (χ0n) is 14.6. The maximum atomic E-state index is 14.4. The molecule has 0 spiro atoms. The molecule has 2 aromatic rings. The Labute approximate surface area is 154 Å². The quantitative estimate of drug-likeness (QED) is 0.615. The number of nitrogens with zero attached hydrogens (tertiary/aromatic N) is 2. The van der Waals surface area contributed by atoms with E-state index in [4.69, 9.17) is 0 Å². The highest BCUT2D eigenvalue weighted by Crippen LogP contribution is 2.33. The number of hydrogen-bond acceptors (Lipinski definition) is 5. The van der Waals surface area contributed by atoms with Gasteiger partial charge < -0.3 is 15.5 Å². The molecule has 1 amide bonds. The standard InChI is InChI=1S/C18H18F2N4O3/c1-21-18(25)11-4-5-15(16(8-11)24(26)27)22-12-9-13(19)17(14(20)10-12)23-6-2-3-7-23/h4-5,8-10,22H,2-3,6-7H2,1H3,(H,21,25). The fraction of sp³-hybridized carbons (Fsp3) is 0.278. The Morgan fingerprint density at radius 3 is 2.33 bits per heavy atom. The van der Waals surface area contributed by atoms with Crippen molar-refractivity contribution in [3.8, 4) is 0 Å². The molecule has 1 fully saturated rings. The topological polar surface area (TPSA) is 87.5 Å². The highest BCUT2D eigenvalue weighted by Gasteiger charge is 2.22. The lowest BCUT2D eigenvalue weighted by Gasteiger charge is -2.20. The van der Waals surface area contributed by atoms with Gasteiger partial charge in [-0.25, -0.2) is 8.78 Å². The summed E-state index contributed by atoms with van der Waals surface area (Å²) in [6.07, 6.45) is 1.76. The summed E-state index contributed by atoms with van der Waals surface area (Å²) < 4.78 is 28.9. The third-order valence-electron chi connectivity index (χ3n) is 4.40. The molecule has 9 heteroatoms. The van der Waals surface area contributed by atoms with E-state index < -0.39 is 22.5 Å². The number of carbonyl (C=O) groups is 1. The van der Waals surface area contributed by atoms with E-state index >= 15 is 0 Å². The fourth-order valence-corrected chi connectivity index (χ4v) is 3.11. The molecule has 2 aromatic carbocycles. The van der Waals surface area contributed by atoms with Crippen molar-refractivity contribution in [1.29, 1.82) is 0 Å². The first-order valence-electron chi connectivity index (χ1n) is 8.42. The van der Waals surface area contributed by atoms with Crippen LogP contribution in [0.4, 0.5) is 31.5 Å². The molecule has 0 bridgehead atoms. The van der Waals surface area contributed by atoms with E-state index in [1.54, 1.807) is 4.90 Å². The van der Waals surface area contributed by atoms with Crippen molar-refractivity contribution in [2.24, 2.45) is 0 Å². The predicted molar refractivity (Wildman–Crippen MR) is 97.6 cm³/mol. The maximum absolute atomic E-state index is 14.4. The number of nitro benzene ring substituents is 1. The molecule has 0 aliphatic carbocycles. The Morgan fingerprint density at radius 1 is 1.15 bits per heavy atom. The monoisotopic (exact) mass is 376 g/mol. The van der Waals surface area contributed by atoms with E-state index in [9.17, 15) is 23.7 Å². The molecule has 2 N–H and O–H groups in total. The van der Waals surface area contributed by atoms with Crippen LogP contribution in [0, 0.1) is 21.7 Å². The summed E-state index contributed by atoms with van der Waals surface area (Å²) in [6.45, 7) is 1.18. The molecule has 0 saturated carbocycles. The molecule has 0 atom stereocenters. The van der Waals surface area contributed by atoms with Crippen molar-refractivity contribution < 1.29 is 18.5 Å². The summed E-state index contributed by atoms with van der Waals surface area (Å²) in [7, 11) is 1.41. The lowest BCUT2D eigenvalue weighted by molar-refractivity contribution is -0.383. The van der Waals surface area contributed by atoms with Crippen molar-refractivity contribution in [1.82, 2.24) is 5.32 Å². The zero-order chi connectivity index (χ0) is 19.6. The van der Waals surface area contributed by atoms with Gasteiger partial charge in [-0.15, -0.1) is 0 Å². The molecule has 142 valence electrons. The molecular weight excluding hydrogens is 358 g/mol. The highest BCUT2D eigenvalue weighted by molar-refractivity contribution is 5.95. The van der Waals surface area contributed by atoms with E-state index in [1.165, 1.54) is 19.2 Å². The molecule has 1 saturated heterocycles. The van der Waals surface area contributed by atoms with Gasteiger partial charge in [-0.2, -0.15) is 0 Å². The van der Waals surface area contributed by atoms with Crippen LogP contribution >= 0.6 is 0 Å². The lowest BCUT2D eigenvalue weighted by Crippen LogP contribution is -2.20. The number of halogens is 2. The SMILES string of the molecule is CNC(=O)c1ccc(Nc2cc(F)c(N3CCCC3)c(F)c2)c([N+](=O)[O-])c1. The van der Waals surface area contributed by atoms with Crippen molar-refractivity contribution in [2.75, 3.05) is 30.4 Å². The molecule has 0 radical (unpaired) electrons. The van der Waals surface area contributed by atoms with Crippen LogP contribution < -0.4 is 15.5 Å². The van der Waals surface area contributed by atoms with Crippen LogP contribution in [0.2, 0.25) is 0 Å². The first kappa shape index (κ1) is 18.6. The van der Waals surface area contributed by atoms with Gasteiger partial charge in [0, 0.05) is 37.5 Å².